The largest absolute Gasteiger partial charge is 0.278 e. The maximum absolute atomic E-state index is 4.13. The van der Waals surface area contributed by atoms with Crippen LogP contribution in [0.3, 0.4) is 0 Å². The molecule has 0 saturated heterocycles. The van der Waals surface area contributed by atoms with Gasteiger partial charge in [-0.3, -0.25) is 10.4 Å². The lowest BCUT2D eigenvalue weighted by Gasteiger charge is -1.99. The van der Waals surface area contributed by atoms with Crippen LogP contribution in [0, 0.1) is 6.92 Å². The van der Waals surface area contributed by atoms with Crippen molar-refractivity contribution >= 4 is 11.9 Å². The number of nitrogens with one attached hydrogen (secondary N) is 1. The van der Waals surface area contributed by atoms with Gasteiger partial charge in [-0.2, -0.15) is 5.10 Å². The average Bonchev–Trinajstić information content (AvgIpc) is 2.33. The summed E-state index contributed by atoms with van der Waals surface area (Å²) in [6, 6.07) is 13.8. The molecule has 0 spiro atoms. The predicted octanol–water partition coefficient (Wildman–Crippen LogP) is 2.84. The Hall–Kier alpha value is -2.16. The first kappa shape index (κ1) is 10.4. The number of anilines is 1. The molecule has 0 fully saturated rings. The van der Waals surface area contributed by atoms with E-state index >= 15 is 0 Å². The summed E-state index contributed by atoms with van der Waals surface area (Å²) in [6.07, 6.45) is 3.44. The summed E-state index contributed by atoms with van der Waals surface area (Å²) in [6.45, 7) is 2.06. The zero-order valence-corrected chi connectivity index (χ0v) is 9.09. The fraction of sp³-hybridized carbons (Fsp3) is 0.0769. The summed E-state index contributed by atoms with van der Waals surface area (Å²) in [5, 5.41) is 4.10. The van der Waals surface area contributed by atoms with Crippen molar-refractivity contribution in [1.29, 1.82) is 0 Å². The van der Waals surface area contributed by atoms with Gasteiger partial charge in [-0.1, -0.05) is 23.8 Å². The molecular weight excluding hydrogens is 198 g/mol. The van der Waals surface area contributed by atoms with Crippen molar-refractivity contribution in [1.82, 2.24) is 4.98 Å². The molecule has 3 heteroatoms. The molecule has 0 aliphatic rings. The molecule has 16 heavy (non-hydrogen) atoms. The molecule has 1 aromatic carbocycles. The minimum Gasteiger partial charge on any atom is -0.278 e. The maximum Gasteiger partial charge on any atom is 0.0830 e. The summed E-state index contributed by atoms with van der Waals surface area (Å²) in [5.74, 6) is 0. The number of hydrogen-bond acceptors (Lipinski definition) is 3. The van der Waals surface area contributed by atoms with Gasteiger partial charge < -0.3 is 0 Å². The van der Waals surface area contributed by atoms with Crippen LogP contribution in [0.2, 0.25) is 0 Å². The van der Waals surface area contributed by atoms with Crippen molar-refractivity contribution in [2.45, 2.75) is 6.92 Å². The molecule has 1 heterocycles. The number of benzene rings is 1. The van der Waals surface area contributed by atoms with Crippen molar-refractivity contribution < 1.29 is 0 Å². The fourth-order valence-corrected chi connectivity index (χ4v) is 1.25. The molecular formula is C13H13N3. The zero-order chi connectivity index (χ0) is 11.2. The first-order chi connectivity index (χ1) is 7.84. The molecule has 0 aliphatic heterocycles. The Bertz CT molecular complexity index is 460. The van der Waals surface area contributed by atoms with Gasteiger partial charge in [0.1, 0.15) is 0 Å². The van der Waals surface area contributed by atoms with Crippen LogP contribution >= 0.6 is 0 Å². The van der Waals surface area contributed by atoms with Crippen molar-refractivity contribution in [2.75, 3.05) is 5.43 Å². The van der Waals surface area contributed by atoms with E-state index in [9.17, 15) is 0 Å². The van der Waals surface area contributed by atoms with Crippen molar-refractivity contribution in [2.24, 2.45) is 5.10 Å². The summed E-state index contributed by atoms with van der Waals surface area (Å²) >= 11 is 0. The SMILES string of the molecule is Cc1ccc(NN=Cc2ccccn2)cc1. The molecule has 1 aromatic heterocycles. The molecule has 3 nitrogen and oxygen atoms in total. The summed E-state index contributed by atoms with van der Waals surface area (Å²) in [4.78, 5) is 4.13. The predicted molar refractivity (Wildman–Crippen MR) is 66.6 cm³/mol. The normalized spacial score (nSPS) is 10.6. The highest BCUT2D eigenvalue weighted by Crippen LogP contribution is 2.07. The van der Waals surface area contributed by atoms with E-state index in [1.54, 1.807) is 12.4 Å². The van der Waals surface area contributed by atoms with Gasteiger partial charge in [0, 0.05) is 6.20 Å². The monoisotopic (exact) mass is 211 g/mol. The van der Waals surface area contributed by atoms with E-state index in [-0.39, 0.29) is 0 Å². The van der Waals surface area contributed by atoms with E-state index in [4.69, 9.17) is 0 Å². The smallest absolute Gasteiger partial charge is 0.0830 e. The first-order valence-corrected chi connectivity index (χ1v) is 5.11. The third-order valence-electron chi connectivity index (χ3n) is 2.13. The van der Waals surface area contributed by atoms with Gasteiger partial charge in [-0.25, -0.2) is 0 Å². The molecule has 0 radical (unpaired) electrons. The number of aryl methyl sites for hydroxylation is 1. The van der Waals surface area contributed by atoms with Gasteiger partial charge in [0.25, 0.3) is 0 Å². The topological polar surface area (TPSA) is 37.3 Å². The number of hydrogen-bond donors (Lipinski definition) is 1. The molecule has 0 unspecified atom stereocenters. The highest BCUT2D eigenvalue weighted by Gasteiger charge is 1.88. The fourth-order valence-electron chi connectivity index (χ4n) is 1.25. The lowest BCUT2D eigenvalue weighted by molar-refractivity contribution is 1.28. The minimum absolute atomic E-state index is 0.835. The Morgan fingerprint density at radius 3 is 2.62 bits per heavy atom. The Morgan fingerprint density at radius 2 is 1.94 bits per heavy atom. The highest BCUT2D eigenvalue weighted by molar-refractivity contribution is 5.77. The van der Waals surface area contributed by atoms with Gasteiger partial charge in [0.05, 0.1) is 17.6 Å². The van der Waals surface area contributed by atoms with Crippen molar-refractivity contribution in [3.05, 3.63) is 59.9 Å². The lowest BCUT2D eigenvalue weighted by Crippen LogP contribution is -1.91. The van der Waals surface area contributed by atoms with E-state index in [1.165, 1.54) is 5.56 Å². The second kappa shape index (κ2) is 5.07. The van der Waals surface area contributed by atoms with Gasteiger partial charge in [0.2, 0.25) is 0 Å². The summed E-state index contributed by atoms with van der Waals surface area (Å²) in [7, 11) is 0. The molecule has 0 bridgehead atoms. The molecule has 0 aliphatic carbocycles. The van der Waals surface area contributed by atoms with Crippen LogP contribution in [0.4, 0.5) is 5.69 Å². The standard InChI is InChI=1S/C13H13N3/c1-11-5-7-12(8-6-11)16-15-10-13-4-2-3-9-14-13/h2-10,16H,1H3. The van der Waals surface area contributed by atoms with E-state index in [2.05, 4.69) is 22.4 Å². The van der Waals surface area contributed by atoms with Crippen molar-refractivity contribution in [3.63, 3.8) is 0 Å². The van der Waals surface area contributed by atoms with Crippen LogP contribution in [0.5, 0.6) is 0 Å². The second-order valence-corrected chi connectivity index (χ2v) is 3.49. The van der Waals surface area contributed by atoms with Gasteiger partial charge in [-0.15, -0.1) is 0 Å². The van der Waals surface area contributed by atoms with Crippen LogP contribution < -0.4 is 5.43 Å². The van der Waals surface area contributed by atoms with Crippen LogP contribution in [-0.2, 0) is 0 Å². The molecule has 2 rings (SSSR count). The number of hydrazone groups is 1. The van der Waals surface area contributed by atoms with Crippen LogP contribution in [0.25, 0.3) is 0 Å². The van der Waals surface area contributed by atoms with E-state index in [0.29, 0.717) is 0 Å². The molecule has 0 amide bonds. The third kappa shape index (κ3) is 2.92. The highest BCUT2D eigenvalue weighted by atomic mass is 15.3. The van der Waals surface area contributed by atoms with Crippen LogP contribution in [0.1, 0.15) is 11.3 Å². The Labute approximate surface area is 94.9 Å². The molecule has 80 valence electrons. The molecule has 2 aromatic rings. The maximum atomic E-state index is 4.13. The number of aromatic nitrogens is 1. The van der Waals surface area contributed by atoms with Crippen molar-refractivity contribution in [3.8, 4) is 0 Å². The molecule has 0 atom stereocenters. The van der Waals surface area contributed by atoms with Crippen LogP contribution in [-0.4, -0.2) is 11.2 Å². The van der Waals surface area contributed by atoms with E-state index in [1.807, 2.05) is 42.5 Å². The molecule has 0 saturated carbocycles. The average molecular weight is 211 g/mol. The second-order valence-electron chi connectivity index (χ2n) is 3.49. The Kier molecular flexibility index (Phi) is 3.28. The zero-order valence-electron chi connectivity index (χ0n) is 9.09. The summed E-state index contributed by atoms with van der Waals surface area (Å²) < 4.78 is 0. The first-order valence-electron chi connectivity index (χ1n) is 5.11. The van der Waals surface area contributed by atoms with Gasteiger partial charge in [-0.05, 0) is 31.2 Å². The Balaban J connectivity index is 1.97. The summed E-state index contributed by atoms with van der Waals surface area (Å²) in [5.41, 5.74) is 5.99. The molecule has 1 N–H and O–H groups in total. The third-order valence-corrected chi connectivity index (χ3v) is 2.13. The number of pyridine rings is 1. The minimum atomic E-state index is 0.835. The number of nitrogens with zero attached hydrogens (tertiary/aromatic N) is 2. The number of rotatable bonds is 3. The van der Waals surface area contributed by atoms with E-state index in [0.717, 1.165) is 11.4 Å². The van der Waals surface area contributed by atoms with Gasteiger partial charge in [0.15, 0.2) is 0 Å². The van der Waals surface area contributed by atoms with Crippen LogP contribution in [0.15, 0.2) is 53.8 Å². The quantitative estimate of drug-likeness (QED) is 0.626. The van der Waals surface area contributed by atoms with Gasteiger partial charge >= 0.3 is 0 Å². The lowest BCUT2D eigenvalue weighted by atomic mass is 10.2. The van der Waals surface area contributed by atoms with E-state index < -0.39 is 0 Å². The Morgan fingerprint density at radius 1 is 1.12 bits per heavy atom.